The molecule has 0 radical (unpaired) electrons. The van der Waals surface area contributed by atoms with E-state index in [0.29, 0.717) is 23.2 Å². The number of aromatic hydroxyl groups is 1. The zero-order valence-corrected chi connectivity index (χ0v) is 14.8. The van der Waals surface area contributed by atoms with Crippen molar-refractivity contribution in [2.24, 2.45) is 0 Å². The van der Waals surface area contributed by atoms with Crippen LogP contribution in [0.4, 0.5) is 5.69 Å². The van der Waals surface area contributed by atoms with Crippen LogP contribution in [0.2, 0.25) is 0 Å². The first kappa shape index (κ1) is 17.0. The van der Waals surface area contributed by atoms with Crippen molar-refractivity contribution in [3.63, 3.8) is 0 Å². The third-order valence-electron chi connectivity index (χ3n) is 3.86. The van der Waals surface area contributed by atoms with Gasteiger partial charge in [-0.05, 0) is 55.0 Å². The van der Waals surface area contributed by atoms with Crippen molar-refractivity contribution in [2.75, 3.05) is 18.6 Å². The van der Waals surface area contributed by atoms with E-state index in [2.05, 4.69) is 0 Å². The molecule has 0 atom stereocenters. The monoisotopic (exact) mass is 354 g/mol. The van der Waals surface area contributed by atoms with Crippen LogP contribution in [-0.2, 0) is 4.79 Å². The van der Waals surface area contributed by atoms with Gasteiger partial charge in [0.1, 0.15) is 5.70 Å². The van der Waals surface area contributed by atoms with Gasteiger partial charge in [-0.25, -0.2) is 0 Å². The predicted molar refractivity (Wildman–Crippen MR) is 102 cm³/mol. The number of hydrogen-bond donors (Lipinski definition) is 1. The summed E-state index contributed by atoms with van der Waals surface area (Å²) in [6, 6.07) is 14.3. The molecule has 1 N–H and O–H groups in total. The number of carbonyl (C=O) groups is 1. The third kappa shape index (κ3) is 3.21. The second-order valence-electron chi connectivity index (χ2n) is 5.51. The van der Waals surface area contributed by atoms with E-state index in [9.17, 15) is 9.90 Å². The second kappa shape index (κ2) is 6.94. The lowest BCUT2D eigenvalue weighted by Crippen LogP contribution is -2.30. The lowest BCUT2D eigenvalue weighted by molar-refractivity contribution is -0.114. The van der Waals surface area contributed by atoms with Gasteiger partial charge in [-0.15, -0.1) is 0 Å². The Labute approximate surface area is 151 Å². The summed E-state index contributed by atoms with van der Waals surface area (Å²) < 4.78 is 5.39. The van der Waals surface area contributed by atoms with E-state index < -0.39 is 0 Å². The van der Waals surface area contributed by atoms with Gasteiger partial charge in [0, 0.05) is 7.05 Å². The molecule has 0 bridgehead atoms. The van der Waals surface area contributed by atoms with Crippen LogP contribution in [0.5, 0.6) is 11.5 Å². The summed E-state index contributed by atoms with van der Waals surface area (Å²) in [7, 11) is 1.76. The van der Waals surface area contributed by atoms with E-state index in [0.717, 1.165) is 11.3 Å². The van der Waals surface area contributed by atoms with Crippen LogP contribution < -0.4 is 9.64 Å². The van der Waals surface area contributed by atoms with Gasteiger partial charge in [-0.2, -0.15) is 0 Å². The minimum Gasteiger partial charge on any atom is -0.504 e. The predicted octanol–water partition coefficient (Wildman–Crippen LogP) is 3.40. The molecule has 6 heteroatoms. The summed E-state index contributed by atoms with van der Waals surface area (Å²) in [4.78, 5) is 16.0. The van der Waals surface area contributed by atoms with E-state index in [-0.39, 0.29) is 11.7 Å². The molecule has 2 aromatic rings. The van der Waals surface area contributed by atoms with E-state index in [1.165, 1.54) is 4.90 Å². The first-order valence-electron chi connectivity index (χ1n) is 7.87. The Morgan fingerprint density at radius 2 is 1.92 bits per heavy atom. The van der Waals surface area contributed by atoms with Crippen LogP contribution in [-0.4, -0.2) is 34.7 Å². The summed E-state index contributed by atoms with van der Waals surface area (Å²) in [5.74, 6) is 0.258. The molecule has 1 fully saturated rings. The first-order chi connectivity index (χ1) is 12.0. The smallest absolute Gasteiger partial charge is 0.281 e. The van der Waals surface area contributed by atoms with Gasteiger partial charge in [0.15, 0.2) is 16.6 Å². The highest BCUT2D eigenvalue weighted by molar-refractivity contribution is 7.80. The van der Waals surface area contributed by atoms with Crippen LogP contribution >= 0.6 is 12.2 Å². The van der Waals surface area contributed by atoms with Gasteiger partial charge in [0.05, 0.1) is 12.3 Å². The fourth-order valence-corrected chi connectivity index (χ4v) is 2.90. The molecule has 2 aromatic carbocycles. The average Bonchev–Trinajstić information content (AvgIpc) is 2.82. The number of phenols is 1. The first-order valence-corrected chi connectivity index (χ1v) is 8.28. The van der Waals surface area contributed by atoms with E-state index >= 15 is 0 Å². The van der Waals surface area contributed by atoms with Gasteiger partial charge in [0.25, 0.3) is 5.91 Å². The average molecular weight is 354 g/mol. The fraction of sp³-hybridized carbons (Fsp3) is 0.158. The van der Waals surface area contributed by atoms with Crippen molar-refractivity contribution >= 4 is 35.0 Å². The minimum atomic E-state index is -0.190. The summed E-state index contributed by atoms with van der Waals surface area (Å²) in [5.41, 5.74) is 1.93. The molecule has 1 aliphatic heterocycles. The molecule has 3 rings (SSSR count). The van der Waals surface area contributed by atoms with Crippen LogP contribution in [0, 0.1) is 0 Å². The van der Waals surface area contributed by atoms with Crippen molar-refractivity contribution in [1.82, 2.24) is 4.90 Å². The van der Waals surface area contributed by atoms with Crippen LogP contribution in [0.15, 0.2) is 54.2 Å². The number of rotatable bonds is 4. The maximum Gasteiger partial charge on any atom is 0.281 e. The zero-order chi connectivity index (χ0) is 18.0. The molecule has 0 spiro atoms. The molecule has 5 nitrogen and oxygen atoms in total. The number of thiocarbonyl (C=S) groups is 1. The molecule has 1 amide bonds. The van der Waals surface area contributed by atoms with Crippen molar-refractivity contribution in [3.8, 4) is 11.5 Å². The topological polar surface area (TPSA) is 53.0 Å². The molecular formula is C19H18N2O3S. The van der Waals surface area contributed by atoms with Crippen molar-refractivity contribution in [3.05, 3.63) is 59.8 Å². The second-order valence-corrected chi connectivity index (χ2v) is 5.87. The van der Waals surface area contributed by atoms with Gasteiger partial charge in [-0.1, -0.05) is 24.3 Å². The van der Waals surface area contributed by atoms with Crippen LogP contribution in [0.3, 0.4) is 0 Å². The van der Waals surface area contributed by atoms with E-state index in [4.69, 9.17) is 17.0 Å². The molecule has 0 unspecified atom stereocenters. The largest absolute Gasteiger partial charge is 0.504 e. The Kier molecular flexibility index (Phi) is 4.72. The fourth-order valence-electron chi connectivity index (χ4n) is 2.61. The van der Waals surface area contributed by atoms with Gasteiger partial charge >= 0.3 is 0 Å². The number of nitrogens with zero attached hydrogens (tertiary/aromatic N) is 2. The third-order valence-corrected chi connectivity index (χ3v) is 4.32. The number of ether oxygens (including phenoxy) is 1. The summed E-state index contributed by atoms with van der Waals surface area (Å²) in [5, 5.41) is 10.2. The maximum absolute atomic E-state index is 12.9. The van der Waals surface area contributed by atoms with Crippen molar-refractivity contribution in [2.45, 2.75) is 6.92 Å². The molecule has 128 valence electrons. The molecule has 1 heterocycles. The Hall–Kier alpha value is -2.86. The summed E-state index contributed by atoms with van der Waals surface area (Å²) >= 11 is 5.43. The van der Waals surface area contributed by atoms with Gasteiger partial charge < -0.3 is 14.7 Å². The molecule has 0 saturated carbocycles. The molecule has 1 aliphatic rings. The van der Waals surface area contributed by atoms with Gasteiger partial charge in [-0.3, -0.25) is 9.69 Å². The highest BCUT2D eigenvalue weighted by Gasteiger charge is 2.36. The Balaban J connectivity index is 1.97. The van der Waals surface area contributed by atoms with Crippen molar-refractivity contribution < 1.29 is 14.6 Å². The lowest BCUT2D eigenvalue weighted by Gasteiger charge is -2.16. The van der Waals surface area contributed by atoms with Crippen molar-refractivity contribution in [1.29, 1.82) is 0 Å². The number of anilines is 1. The van der Waals surface area contributed by atoms with E-state index in [1.807, 2.05) is 37.3 Å². The normalized spacial score (nSPS) is 16.0. The molecule has 1 saturated heterocycles. The molecule has 0 aromatic heterocycles. The van der Waals surface area contributed by atoms with E-state index in [1.54, 1.807) is 36.2 Å². The molecule has 0 aliphatic carbocycles. The minimum absolute atomic E-state index is 0.0662. The Morgan fingerprint density at radius 1 is 1.20 bits per heavy atom. The van der Waals surface area contributed by atoms with Crippen LogP contribution in [0.1, 0.15) is 12.5 Å². The standard InChI is InChI=1S/C19H18N2O3S/c1-3-24-17-12-13(9-10-16(17)22)11-15-18(23)21(19(25)20(15)2)14-7-5-4-6-8-14/h4-12,22H,3H2,1-2H3/b15-11-. The van der Waals surface area contributed by atoms with Crippen LogP contribution in [0.25, 0.3) is 6.08 Å². The molecular weight excluding hydrogens is 336 g/mol. The number of benzene rings is 2. The number of hydrogen-bond acceptors (Lipinski definition) is 4. The molecule has 25 heavy (non-hydrogen) atoms. The lowest BCUT2D eigenvalue weighted by atomic mass is 10.1. The highest BCUT2D eigenvalue weighted by Crippen LogP contribution is 2.31. The number of amides is 1. The quantitative estimate of drug-likeness (QED) is 0.674. The number of carbonyl (C=O) groups excluding carboxylic acids is 1. The Bertz CT molecular complexity index is 849. The van der Waals surface area contributed by atoms with Gasteiger partial charge in [0.2, 0.25) is 0 Å². The SMILES string of the molecule is CCOc1cc(/C=C2/C(=O)N(c3ccccc3)C(=S)N2C)ccc1O. The maximum atomic E-state index is 12.9. The summed E-state index contributed by atoms with van der Waals surface area (Å²) in [6.07, 6.45) is 1.74. The zero-order valence-electron chi connectivity index (χ0n) is 14.0. The highest BCUT2D eigenvalue weighted by atomic mass is 32.1. The number of phenolic OH excluding ortho intramolecular Hbond substituents is 1. The number of likely N-dealkylation sites (N-methyl/N-ethyl adjacent to an activating group) is 1. The number of para-hydroxylation sites is 1. The summed E-state index contributed by atoms with van der Waals surface area (Å²) in [6.45, 7) is 2.29. The Morgan fingerprint density at radius 3 is 2.60 bits per heavy atom.